The Labute approximate surface area is 99.8 Å². The van der Waals surface area contributed by atoms with Gasteiger partial charge in [-0.25, -0.2) is 0 Å². The Morgan fingerprint density at radius 2 is 2.12 bits per heavy atom. The Morgan fingerprint density at radius 3 is 2.75 bits per heavy atom. The minimum atomic E-state index is 0.506. The molecule has 0 bridgehead atoms. The summed E-state index contributed by atoms with van der Waals surface area (Å²) in [6, 6.07) is 9.83. The first kappa shape index (κ1) is 11.2. The Morgan fingerprint density at radius 1 is 1.38 bits per heavy atom. The lowest BCUT2D eigenvalue weighted by atomic mass is 10.1. The van der Waals surface area contributed by atoms with Crippen molar-refractivity contribution in [3.8, 4) is 0 Å². The van der Waals surface area contributed by atoms with Crippen molar-refractivity contribution in [2.75, 3.05) is 0 Å². The van der Waals surface area contributed by atoms with E-state index in [0.29, 0.717) is 6.54 Å². The Kier molecular flexibility index (Phi) is 3.27. The van der Waals surface area contributed by atoms with Gasteiger partial charge in [0, 0.05) is 25.0 Å². The molecule has 2 rings (SSSR count). The first-order valence-corrected chi connectivity index (χ1v) is 5.53. The molecule has 0 aliphatic heterocycles. The van der Waals surface area contributed by atoms with Crippen molar-refractivity contribution in [3.05, 3.63) is 52.3 Å². The third kappa shape index (κ3) is 2.26. The number of nitrogens with two attached hydrogens (primary N) is 1. The van der Waals surface area contributed by atoms with Crippen LogP contribution < -0.4 is 5.73 Å². The number of halogens is 1. The fourth-order valence-electron chi connectivity index (χ4n) is 1.69. The summed E-state index contributed by atoms with van der Waals surface area (Å²) in [7, 11) is 1.90. The highest BCUT2D eigenvalue weighted by atomic mass is 35.5. The molecule has 0 aliphatic carbocycles. The molecule has 16 heavy (non-hydrogen) atoms. The number of hydrogen-bond donors (Lipinski definition) is 1. The molecule has 0 spiro atoms. The number of aryl methyl sites for hydroxylation is 1. The third-order valence-corrected chi connectivity index (χ3v) is 2.93. The summed E-state index contributed by atoms with van der Waals surface area (Å²) in [5.41, 5.74) is 8.72. The lowest BCUT2D eigenvalue weighted by molar-refractivity contribution is 0.701. The van der Waals surface area contributed by atoms with Crippen molar-refractivity contribution in [2.45, 2.75) is 13.0 Å². The van der Waals surface area contributed by atoms with Crippen LogP contribution in [0.1, 0.15) is 17.0 Å². The average Bonchev–Trinajstić information content (AvgIpc) is 2.62. The van der Waals surface area contributed by atoms with Gasteiger partial charge < -0.3 is 5.73 Å². The second-order valence-corrected chi connectivity index (χ2v) is 4.13. The summed E-state index contributed by atoms with van der Waals surface area (Å²) in [6.45, 7) is 0.506. The molecule has 1 aromatic carbocycles. The smallest absolute Gasteiger partial charge is 0.0672 e. The van der Waals surface area contributed by atoms with E-state index in [-0.39, 0.29) is 0 Å². The molecule has 4 heteroatoms. The van der Waals surface area contributed by atoms with Gasteiger partial charge in [-0.05, 0) is 17.7 Å². The summed E-state index contributed by atoms with van der Waals surface area (Å²) in [4.78, 5) is 0. The van der Waals surface area contributed by atoms with E-state index in [1.807, 2.05) is 42.1 Å². The zero-order valence-corrected chi connectivity index (χ0v) is 9.91. The van der Waals surface area contributed by atoms with E-state index in [4.69, 9.17) is 17.3 Å². The molecule has 0 aliphatic rings. The lowest BCUT2D eigenvalue weighted by Crippen LogP contribution is -2.03. The van der Waals surface area contributed by atoms with Crippen LogP contribution in [0.2, 0.25) is 5.02 Å². The molecule has 0 unspecified atom stereocenters. The Hall–Kier alpha value is -1.32. The normalized spacial score (nSPS) is 10.7. The molecule has 2 N–H and O–H groups in total. The Bertz CT molecular complexity index is 491. The molecule has 0 radical (unpaired) electrons. The largest absolute Gasteiger partial charge is 0.325 e. The predicted octanol–water partition coefficient (Wildman–Crippen LogP) is 2.12. The van der Waals surface area contributed by atoms with Crippen LogP contribution in [0.5, 0.6) is 0 Å². The molecule has 3 nitrogen and oxygen atoms in total. The van der Waals surface area contributed by atoms with Crippen LogP contribution >= 0.6 is 11.6 Å². The van der Waals surface area contributed by atoms with Crippen LogP contribution in [0.4, 0.5) is 0 Å². The number of benzene rings is 1. The van der Waals surface area contributed by atoms with Crippen LogP contribution in [-0.2, 0) is 20.0 Å². The molecule has 0 saturated heterocycles. The maximum atomic E-state index is 6.10. The predicted molar refractivity (Wildman–Crippen MR) is 65.4 cm³/mol. The average molecular weight is 236 g/mol. The van der Waals surface area contributed by atoms with Crippen molar-refractivity contribution in [1.82, 2.24) is 9.78 Å². The molecule has 2 aromatic rings. The van der Waals surface area contributed by atoms with Gasteiger partial charge in [0.05, 0.1) is 11.4 Å². The molecular formula is C12H14ClN3. The van der Waals surface area contributed by atoms with E-state index in [1.54, 1.807) is 0 Å². The van der Waals surface area contributed by atoms with Crippen LogP contribution in [0.15, 0.2) is 30.3 Å². The zero-order chi connectivity index (χ0) is 11.5. The second-order valence-electron chi connectivity index (χ2n) is 3.72. The van der Waals surface area contributed by atoms with Gasteiger partial charge in [-0.3, -0.25) is 4.68 Å². The highest BCUT2D eigenvalue weighted by Crippen LogP contribution is 2.18. The molecule has 0 fully saturated rings. The van der Waals surface area contributed by atoms with Crippen LogP contribution in [-0.4, -0.2) is 9.78 Å². The van der Waals surface area contributed by atoms with Gasteiger partial charge in [-0.15, -0.1) is 0 Å². The molecule has 1 aromatic heterocycles. The molecule has 1 heterocycles. The second kappa shape index (κ2) is 4.68. The molecular weight excluding hydrogens is 222 g/mol. The summed E-state index contributed by atoms with van der Waals surface area (Å²) >= 11 is 6.10. The minimum absolute atomic E-state index is 0.506. The molecule has 0 atom stereocenters. The van der Waals surface area contributed by atoms with Crippen molar-refractivity contribution in [1.29, 1.82) is 0 Å². The number of rotatable bonds is 3. The standard InChI is InChI=1S/C12H14ClN3/c1-16-11(8-14)7-10(15-16)6-9-4-2-3-5-12(9)13/h2-5,7H,6,8,14H2,1H3. The maximum Gasteiger partial charge on any atom is 0.0672 e. The van der Waals surface area contributed by atoms with E-state index in [1.165, 1.54) is 0 Å². The van der Waals surface area contributed by atoms with Gasteiger partial charge in [0.15, 0.2) is 0 Å². The fraction of sp³-hybridized carbons (Fsp3) is 0.250. The van der Waals surface area contributed by atoms with Gasteiger partial charge in [0.1, 0.15) is 0 Å². The summed E-state index contributed by atoms with van der Waals surface area (Å²) < 4.78 is 1.81. The number of aromatic nitrogens is 2. The molecule has 0 amide bonds. The lowest BCUT2D eigenvalue weighted by Gasteiger charge is -2.00. The highest BCUT2D eigenvalue weighted by molar-refractivity contribution is 6.31. The van der Waals surface area contributed by atoms with Crippen LogP contribution in [0, 0.1) is 0 Å². The third-order valence-electron chi connectivity index (χ3n) is 2.57. The van der Waals surface area contributed by atoms with E-state index in [2.05, 4.69) is 5.10 Å². The molecule has 84 valence electrons. The maximum absolute atomic E-state index is 6.10. The van der Waals surface area contributed by atoms with Crippen molar-refractivity contribution in [2.24, 2.45) is 12.8 Å². The van der Waals surface area contributed by atoms with Gasteiger partial charge in [0.2, 0.25) is 0 Å². The summed E-state index contributed by atoms with van der Waals surface area (Å²) in [5.74, 6) is 0. The first-order chi connectivity index (χ1) is 7.70. The first-order valence-electron chi connectivity index (χ1n) is 5.16. The quantitative estimate of drug-likeness (QED) is 0.886. The number of hydrogen-bond acceptors (Lipinski definition) is 2. The molecule has 0 saturated carbocycles. The zero-order valence-electron chi connectivity index (χ0n) is 9.15. The topological polar surface area (TPSA) is 43.8 Å². The van der Waals surface area contributed by atoms with Gasteiger partial charge in [0.25, 0.3) is 0 Å². The van der Waals surface area contributed by atoms with Crippen LogP contribution in [0.3, 0.4) is 0 Å². The van der Waals surface area contributed by atoms with Crippen LogP contribution in [0.25, 0.3) is 0 Å². The van der Waals surface area contributed by atoms with E-state index < -0.39 is 0 Å². The van der Waals surface area contributed by atoms with E-state index in [0.717, 1.165) is 28.4 Å². The fourth-order valence-corrected chi connectivity index (χ4v) is 1.89. The van der Waals surface area contributed by atoms with Crippen molar-refractivity contribution >= 4 is 11.6 Å². The Balaban J connectivity index is 2.24. The van der Waals surface area contributed by atoms with E-state index in [9.17, 15) is 0 Å². The van der Waals surface area contributed by atoms with Crippen molar-refractivity contribution in [3.63, 3.8) is 0 Å². The highest BCUT2D eigenvalue weighted by Gasteiger charge is 2.06. The van der Waals surface area contributed by atoms with Gasteiger partial charge in [-0.2, -0.15) is 5.10 Å². The monoisotopic (exact) mass is 235 g/mol. The van der Waals surface area contributed by atoms with E-state index >= 15 is 0 Å². The van der Waals surface area contributed by atoms with Gasteiger partial charge in [-0.1, -0.05) is 29.8 Å². The minimum Gasteiger partial charge on any atom is -0.325 e. The summed E-state index contributed by atoms with van der Waals surface area (Å²) in [6.07, 6.45) is 0.744. The summed E-state index contributed by atoms with van der Waals surface area (Å²) in [5, 5.41) is 5.18. The number of nitrogens with zero attached hydrogens (tertiary/aromatic N) is 2. The van der Waals surface area contributed by atoms with Gasteiger partial charge >= 0.3 is 0 Å². The SMILES string of the molecule is Cn1nc(Cc2ccccc2Cl)cc1CN. The van der Waals surface area contributed by atoms with Crippen molar-refractivity contribution < 1.29 is 0 Å².